The Morgan fingerprint density at radius 1 is 1.07 bits per heavy atom. The molecular formula is C26H39N3O. The van der Waals surface area contributed by atoms with Crippen molar-refractivity contribution in [1.82, 2.24) is 4.90 Å². The lowest BCUT2D eigenvalue weighted by molar-refractivity contribution is -0.118. The van der Waals surface area contributed by atoms with Crippen molar-refractivity contribution in [3.63, 3.8) is 0 Å². The zero-order chi connectivity index (χ0) is 21.2. The lowest BCUT2D eigenvalue weighted by Gasteiger charge is -2.37. The van der Waals surface area contributed by atoms with E-state index >= 15 is 0 Å². The van der Waals surface area contributed by atoms with Crippen LogP contribution < -0.4 is 4.90 Å². The maximum Gasteiger partial charge on any atom is 0.146 e. The third kappa shape index (κ3) is 7.13. The molecule has 0 atom stereocenters. The second kappa shape index (κ2) is 12.1. The number of piperazine rings is 1. The van der Waals surface area contributed by atoms with Gasteiger partial charge in [0.15, 0.2) is 0 Å². The molecule has 0 unspecified atom stereocenters. The third-order valence-electron chi connectivity index (χ3n) is 7.22. The SMILES string of the molecule is CCc1cccc(N2CCN(CCC3CCC(CCCC(=O)CC#N)CC3)CC2)c1. The Balaban J connectivity index is 1.28. The van der Waals surface area contributed by atoms with E-state index in [9.17, 15) is 4.79 Å². The summed E-state index contributed by atoms with van der Waals surface area (Å²) >= 11 is 0. The predicted molar refractivity (Wildman–Crippen MR) is 124 cm³/mol. The van der Waals surface area contributed by atoms with E-state index in [-0.39, 0.29) is 12.2 Å². The molecule has 0 spiro atoms. The molecule has 3 rings (SSSR count). The van der Waals surface area contributed by atoms with Gasteiger partial charge in [-0.25, -0.2) is 0 Å². The Morgan fingerprint density at radius 3 is 2.43 bits per heavy atom. The second-order valence-corrected chi connectivity index (χ2v) is 9.29. The standard InChI is InChI=1S/C26H39N3O/c1-2-22-5-3-7-25(21-22)29-19-17-28(18-20-29)16-14-24-11-9-23(10-12-24)6-4-8-26(30)13-15-27/h3,5,7,21,23-24H,2,4,6,8-14,16-20H2,1H3. The lowest BCUT2D eigenvalue weighted by atomic mass is 9.78. The van der Waals surface area contributed by atoms with Gasteiger partial charge in [-0.05, 0) is 55.3 Å². The molecule has 1 aromatic carbocycles. The number of hydrogen-bond acceptors (Lipinski definition) is 4. The number of nitriles is 1. The number of hydrogen-bond donors (Lipinski definition) is 0. The van der Waals surface area contributed by atoms with Gasteiger partial charge < -0.3 is 4.90 Å². The van der Waals surface area contributed by atoms with E-state index in [1.807, 2.05) is 6.07 Å². The highest BCUT2D eigenvalue weighted by Crippen LogP contribution is 2.33. The summed E-state index contributed by atoms with van der Waals surface area (Å²) in [5.74, 6) is 1.81. The van der Waals surface area contributed by atoms with Crippen LogP contribution in [-0.2, 0) is 11.2 Å². The zero-order valence-electron chi connectivity index (χ0n) is 18.8. The van der Waals surface area contributed by atoms with E-state index in [4.69, 9.17) is 5.26 Å². The van der Waals surface area contributed by atoms with Crippen LogP contribution in [-0.4, -0.2) is 43.4 Å². The van der Waals surface area contributed by atoms with Crippen molar-refractivity contribution >= 4 is 11.5 Å². The minimum atomic E-state index is 0.0894. The molecule has 4 nitrogen and oxygen atoms in total. The van der Waals surface area contributed by atoms with Crippen LogP contribution in [0.3, 0.4) is 0 Å². The van der Waals surface area contributed by atoms with Gasteiger partial charge in [-0.2, -0.15) is 5.26 Å². The van der Waals surface area contributed by atoms with Crippen molar-refractivity contribution < 1.29 is 4.79 Å². The molecule has 164 valence electrons. The van der Waals surface area contributed by atoms with Crippen molar-refractivity contribution in [2.75, 3.05) is 37.6 Å². The first-order valence-electron chi connectivity index (χ1n) is 12.1. The van der Waals surface area contributed by atoms with Crippen LogP contribution >= 0.6 is 0 Å². The van der Waals surface area contributed by atoms with E-state index in [1.54, 1.807) is 0 Å². The van der Waals surface area contributed by atoms with Gasteiger partial charge in [-0.15, -0.1) is 0 Å². The smallest absolute Gasteiger partial charge is 0.146 e. The number of carbonyl (C=O) groups excluding carboxylic acids is 1. The summed E-state index contributed by atoms with van der Waals surface area (Å²) in [6.07, 6.45) is 10.7. The molecule has 0 amide bonds. The van der Waals surface area contributed by atoms with Gasteiger partial charge in [-0.3, -0.25) is 9.69 Å². The van der Waals surface area contributed by atoms with Crippen molar-refractivity contribution in [1.29, 1.82) is 5.26 Å². The van der Waals surface area contributed by atoms with Crippen molar-refractivity contribution in [3.05, 3.63) is 29.8 Å². The Morgan fingerprint density at radius 2 is 1.77 bits per heavy atom. The van der Waals surface area contributed by atoms with Gasteiger partial charge in [0.2, 0.25) is 0 Å². The first-order chi connectivity index (χ1) is 14.7. The van der Waals surface area contributed by atoms with Gasteiger partial charge >= 0.3 is 0 Å². The number of anilines is 1. The summed E-state index contributed by atoms with van der Waals surface area (Å²) in [6.45, 7) is 8.13. The average Bonchev–Trinajstić information content (AvgIpc) is 2.79. The summed E-state index contributed by atoms with van der Waals surface area (Å²) in [5.41, 5.74) is 2.82. The number of Topliss-reactive ketones (excluding diaryl/α,β-unsaturated/α-hetero) is 1. The molecule has 30 heavy (non-hydrogen) atoms. The van der Waals surface area contributed by atoms with Crippen LogP contribution in [0.25, 0.3) is 0 Å². The maximum atomic E-state index is 11.5. The molecule has 0 bridgehead atoms. The Kier molecular flexibility index (Phi) is 9.21. The van der Waals surface area contributed by atoms with Crippen molar-refractivity contribution in [2.45, 2.75) is 71.1 Å². The van der Waals surface area contributed by atoms with Crippen molar-refractivity contribution in [3.8, 4) is 6.07 Å². The molecule has 1 saturated heterocycles. The molecule has 1 aliphatic carbocycles. The molecule has 1 aromatic rings. The van der Waals surface area contributed by atoms with Gasteiger partial charge in [0.05, 0.1) is 12.5 Å². The molecule has 0 aromatic heterocycles. The third-order valence-corrected chi connectivity index (χ3v) is 7.22. The fourth-order valence-electron chi connectivity index (χ4n) is 5.14. The largest absolute Gasteiger partial charge is 0.369 e. The Bertz CT molecular complexity index is 694. The van der Waals surface area contributed by atoms with Gasteiger partial charge in [0.25, 0.3) is 0 Å². The minimum Gasteiger partial charge on any atom is -0.369 e. The van der Waals surface area contributed by atoms with Crippen LogP contribution in [0.5, 0.6) is 0 Å². The van der Waals surface area contributed by atoms with E-state index < -0.39 is 0 Å². The molecule has 1 heterocycles. The van der Waals surface area contributed by atoms with Crippen LogP contribution in [0.15, 0.2) is 24.3 Å². The Labute approximate surface area is 183 Å². The number of aryl methyl sites for hydroxylation is 1. The first-order valence-corrected chi connectivity index (χ1v) is 12.1. The monoisotopic (exact) mass is 409 g/mol. The van der Waals surface area contributed by atoms with E-state index in [0.717, 1.165) is 37.8 Å². The highest BCUT2D eigenvalue weighted by molar-refractivity contribution is 5.80. The summed E-state index contributed by atoms with van der Waals surface area (Å²) in [5, 5.41) is 8.57. The molecule has 2 fully saturated rings. The maximum absolute atomic E-state index is 11.5. The average molecular weight is 410 g/mol. The molecule has 2 aliphatic rings. The van der Waals surface area contributed by atoms with Gasteiger partial charge in [0, 0.05) is 38.3 Å². The number of carbonyl (C=O) groups is 1. The molecular weight excluding hydrogens is 370 g/mol. The van der Waals surface area contributed by atoms with Crippen LogP contribution in [0.2, 0.25) is 0 Å². The van der Waals surface area contributed by atoms with Crippen LogP contribution in [0.4, 0.5) is 5.69 Å². The number of rotatable bonds is 10. The molecule has 1 aliphatic heterocycles. The lowest BCUT2D eigenvalue weighted by Crippen LogP contribution is -2.47. The Hall–Kier alpha value is -1.86. The normalized spacial score (nSPS) is 22.6. The molecule has 4 heteroatoms. The zero-order valence-corrected chi connectivity index (χ0v) is 18.8. The van der Waals surface area contributed by atoms with Crippen LogP contribution in [0.1, 0.15) is 70.3 Å². The first kappa shape index (κ1) is 22.8. The van der Waals surface area contributed by atoms with Crippen molar-refractivity contribution in [2.24, 2.45) is 11.8 Å². The van der Waals surface area contributed by atoms with E-state index in [1.165, 1.54) is 69.4 Å². The van der Waals surface area contributed by atoms with Gasteiger partial charge in [0.1, 0.15) is 5.78 Å². The topological polar surface area (TPSA) is 47.3 Å². The molecule has 0 N–H and O–H groups in total. The minimum absolute atomic E-state index is 0.0894. The quantitative estimate of drug-likeness (QED) is 0.531. The fraction of sp³-hybridized carbons (Fsp3) is 0.692. The highest BCUT2D eigenvalue weighted by Gasteiger charge is 2.23. The number of ketones is 1. The second-order valence-electron chi connectivity index (χ2n) is 9.29. The van der Waals surface area contributed by atoms with E-state index in [0.29, 0.717) is 6.42 Å². The summed E-state index contributed by atoms with van der Waals surface area (Å²) in [4.78, 5) is 16.7. The predicted octanol–water partition coefficient (Wildman–Crippen LogP) is 5.22. The van der Waals surface area contributed by atoms with Crippen LogP contribution in [0, 0.1) is 23.2 Å². The van der Waals surface area contributed by atoms with Gasteiger partial charge in [-0.1, -0.05) is 51.2 Å². The fourth-order valence-corrected chi connectivity index (χ4v) is 5.14. The summed E-state index contributed by atoms with van der Waals surface area (Å²) in [6, 6.07) is 11.0. The molecule has 0 radical (unpaired) electrons. The summed E-state index contributed by atoms with van der Waals surface area (Å²) < 4.78 is 0. The highest BCUT2D eigenvalue weighted by atomic mass is 16.1. The summed E-state index contributed by atoms with van der Waals surface area (Å²) in [7, 11) is 0. The molecule has 1 saturated carbocycles. The van der Waals surface area contributed by atoms with E-state index in [2.05, 4.69) is 41.0 Å². The number of nitrogens with zero attached hydrogens (tertiary/aromatic N) is 3. The number of benzene rings is 1.